The summed E-state index contributed by atoms with van der Waals surface area (Å²) in [5, 5.41) is 6.24. The highest BCUT2D eigenvalue weighted by Crippen LogP contribution is 2.31. The van der Waals surface area contributed by atoms with Crippen molar-refractivity contribution in [1.29, 1.82) is 0 Å². The lowest BCUT2D eigenvalue weighted by atomic mass is 10.0. The Morgan fingerprint density at radius 3 is 2.42 bits per heavy atom. The van der Waals surface area contributed by atoms with E-state index in [0.29, 0.717) is 38.9 Å². The summed E-state index contributed by atoms with van der Waals surface area (Å²) in [5.74, 6) is -2.52. The predicted molar refractivity (Wildman–Crippen MR) is 108 cm³/mol. The Balaban J connectivity index is 1.35. The number of carbonyl (C=O) groups is 1. The molecule has 4 rings (SSSR count). The molecule has 33 heavy (non-hydrogen) atoms. The van der Waals surface area contributed by atoms with E-state index in [1.807, 2.05) is 0 Å². The summed E-state index contributed by atoms with van der Waals surface area (Å²) in [5.41, 5.74) is 0.0370. The molecule has 2 aromatic rings. The molecule has 0 saturated carbocycles. The van der Waals surface area contributed by atoms with E-state index >= 15 is 0 Å². The van der Waals surface area contributed by atoms with Gasteiger partial charge in [0.1, 0.15) is 11.9 Å². The number of hydrogen-bond donors (Lipinski definition) is 1. The van der Waals surface area contributed by atoms with Crippen LogP contribution in [0.15, 0.2) is 27.6 Å². The third kappa shape index (κ3) is 4.89. The highest BCUT2D eigenvalue weighted by atomic mass is 32.2. The summed E-state index contributed by atoms with van der Waals surface area (Å²) in [6, 6.07) is 2.70. The molecule has 0 aliphatic carbocycles. The zero-order valence-electron chi connectivity index (χ0n) is 17.5. The lowest BCUT2D eigenvalue weighted by Crippen LogP contribution is -2.47. The van der Waals surface area contributed by atoms with Gasteiger partial charge in [-0.1, -0.05) is 0 Å². The smallest absolute Gasteiger partial charge is 0.371 e. The zero-order chi connectivity index (χ0) is 24.0. The first-order valence-electron chi connectivity index (χ1n) is 10.2. The van der Waals surface area contributed by atoms with Crippen molar-refractivity contribution in [2.24, 2.45) is 0 Å². The molecule has 1 unspecified atom stereocenters. The summed E-state index contributed by atoms with van der Waals surface area (Å²) < 4.78 is 79.7. The molecular formula is C19H21F4N5O4S. The molecule has 1 amide bonds. The largest absolute Gasteiger partial charge is 0.471 e. The van der Waals surface area contributed by atoms with Gasteiger partial charge in [0.15, 0.2) is 9.84 Å². The Labute approximate surface area is 186 Å². The monoisotopic (exact) mass is 491 g/mol. The Morgan fingerprint density at radius 2 is 1.85 bits per heavy atom. The van der Waals surface area contributed by atoms with E-state index in [1.165, 1.54) is 12.1 Å². The molecule has 0 radical (unpaired) electrons. The summed E-state index contributed by atoms with van der Waals surface area (Å²) in [7, 11) is -3.55. The predicted octanol–water partition coefficient (Wildman–Crippen LogP) is 2.31. The number of benzene rings is 1. The van der Waals surface area contributed by atoms with Crippen LogP contribution in [0, 0.1) is 5.82 Å². The number of rotatable bonds is 5. The van der Waals surface area contributed by atoms with E-state index in [1.54, 1.807) is 9.80 Å². The van der Waals surface area contributed by atoms with E-state index < -0.39 is 33.8 Å². The first kappa shape index (κ1) is 23.3. The number of sulfone groups is 1. The van der Waals surface area contributed by atoms with Gasteiger partial charge >= 0.3 is 12.1 Å². The zero-order valence-corrected chi connectivity index (χ0v) is 18.3. The van der Waals surface area contributed by atoms with Crippen molar-refractivity contribution in [3.8, 4) is 0 Å². The molecule has 3 heterocycles. The Hall–Kier alpha value is -2.90. The number of nitrogens with zero attached hydrogens (tertiary/aromatic N) is 4. The number of piperidine rings is 1. The van der Waals surface area contributed by atoms with Crippen molar-refractivity contribution < 1.29 is 35.3 Å². The maximum absolute atomic E-state index is 14.3. The number of amides is 1. The normalized spacial score (nSPS) is 20.5. The summed E-state index contributed by atoms with van der Waals surface area (Å²) in [4.78, 5) is 19.4. The number of aromatic nitrogens is 2. The molecule has 2 aliphatic heterocycles. The van der Waals surface area contributed by atoms with Gasteiger partial charge in [0.2, 0.25) is 5.91 Å². The van der Waals surface area contributed by atoms with E-state index in [-0.39, 0.29) is 28.5 Å². The van der Waals surface area contributed by atoms with Crippen LogP contribution in [-0.2, 0) is 20.8 Å². The van der Waals surface area contributed by atoms with Crippen LogP contribution < -0.4 is 10.2 Å². The molecule has 2 fully saturated rings. The van der Waals surface area contributed by atoms with E-state index in [9.17, 15) is 30.8 Å². The Kier molecular flexibility index (Phi) is 5.97. The number of carbonyl (C=O) groups excluding carboxylic acids is 1. The average Bonchev–Trinajstić information content (AvgIpc) is 3.37. The lowest BCUT2D eigenvalue weighted by molar-refractivity contribution is -0.159. The SMILES string of the molecule is CS(=O)(=O)c1ccc(NC2CCN(C3CCN(c4noc(C(F)(F)F)n4)CC3)C2=O)c(F)c1. The maximum Gasteiger partial charge on any atom is 0.471 e. The number of likely N-dealkylation sites (tertiary alicyclic amines) is 1. The van der Waals surface area contributed by atoms with E-state index in [0.717, 1.165) is 12.3 Å². The van der Waals surface area contributed by atoms with Crippen LogP contribution in [0.1, 0.15) is 25.2 Å². The van der Waals surface area contributed by atoms with Gasteiger partial charge in [-0.2, -0.15) is 18.2 Å². The maximum atomic E-state index is 14.3. The molecule has 2 saturated heterocycles. The minimum Gasteiger partial charge on any atom is -0.371 e. The second-order valence-corrected chi connectivity index (χ2v) is 10.1. The van der Waals surface area contributed by atoms with Gasteiger partial charge in [0.25, 0.3) is 5.95 Å². The van der Waals surface area contributed by atoms with E-state index in [2.05, 4.69) is 20.0 Å². The van der Waals surface area contributed by atoms with Crippen LogP contribution >= 0.6 is 0 Å². The second-order valence-electron chi connectivity index (χ2n) is 8.05. The fourth-order valence-corrected chi connectivity index (χ4v) is 4.70. The van der Waals surface area contributed by atoms with Crippen molar-refractivity contribution >= 4 is 27.4 Å². The van der Waals surface area contributed by atoms with Gasteiger partial charge in [-0.3, -0.25) is 4.79 Å². The summed E-state index contributed by atoms with van der Waals surface area (Å²) in [6.07, 6.45) is -2.28. The molecule has 0 bridgehead atoms. The second kappa shape index (κ2) is 8.47. The van der Waals surface area contributed by atoms with Crippen molar-refractivity contribution in [2.45, 2.75) is 42.4 Å². The van der Waals surface area contributed by atoms with Crippen molar-refractivity contribution in [1.82, 2.24) is 15.0 Å². The molecule has 1 aromatic carbocycles. The topological polar surface area (TPSA) is 109 Å². The highest BCUT2D eigenvalue weighted by Gasteiger charge is 2.40. The Bertz CT molecular complexity index is 1150. The summed E-state index contributed by atoms with van der Waals surface area (Å²) in [6.45, 7) is 1.15. The molecular weight excluding hydrogens is 470 g/mol. The van der Waals surface area contributed by atoms with Crippen LogP contribution in [-0.4, -0.2) is 67.3 Å². The number of anilines is 2. The van der Waals surface area contributed by atoms with Gasteiger partial charge < -0.3 is 19.6 Å². The molecule has 1 N–H and O–H groups in total. The molecule has 2 aliphatic rings. The molecule has 9 nitrogen and oxygen atoms in total. The molecule has 1 atom stereocenters. The molecule has 14 heteroatoms. The van der Waals surface area contributed by atoms with Crippen LogP contribution in [0.3, 0.4) is 0 Å². The van der Waals surface area contributed by atoms with Crippen molar-refractivity contribution in [2.75, 3.05) is 36.1 Å². The summed E-state index contributed by atoms with van der Waals surface area (Å²) >= 11 is 0. The minimum absolute atomic E-state index is 0.0370. The molecule has 180 valence electrons. The van der Waals surface area contributed by atoms with Gasteiger partial charge in [-0.05, 0) is 42.6 Å². The van der Waals surface area contributed by atoms with Crippen LogP contribution in [0.5, 0.6) is 0 Å². The van der Waals surface area contributed by atoms with Crippen molar-refractivity contribution in [3.63, 3.8) is 0 Å². The quantitative estimate of drug-likeness (QED) is 0.635. The Morgan fingerprint density at radius 1 is 1.15 bits per heavy atom. The fourth-order valence-electron chi connectivity index (χ4n) is 4.07. The molecule has 0 spiro atoms. The van der Waals surface area contributed by atoms with Gasteiger partial charge in [-0.15, -0.1) is 0 Å². The van der Waals surface area contributed by atoms with Gasteiger partial charge in [0, 0.05) is 31.9 Å². The number of nitrogens with one attached hydrogen (secondary N) is 1. The van der Waals surface area contributed by atoms with E-state index in [4.69, 9.17) is 0 Å². The third-order valence-corrected chi connectivity index (χ3v) is 6.89. The number of hydrogen-bond acceptors (Lipinski definition) is 8. The van der Waals surface area contributed by atoms with Crippen LogP contribution in [0.4, 0.5) is 29.2 Å². The third-order valence-electron chi connectivity index (χ3n) is 5.78. The fraction of sp³-hybridized carbons (Fsp3) is 0.526. The van der Waals surface area contributed by atoms with Gasteiger partial charge in [0.05, 0.1) is 10.6 Å². The number of alkyl halides is 3. The standard InChI is InChI=1S/C19H21F4N5O4S/c1-33(30,31)12-2-3-14(13(20)10-12)24-15-6-9-28(16(15)29)11-4-7-27(8-5-11)18-25-17(32-26-18)19(21,22)23/h2-3,10-11,15,24H,4-9H2,1H3. The highest BCUT2D eigenvalue weighted by molar-refractivity contribution is 7.90. The van der Waals surface area contributed by atoms with Crippen LogP contribution in [0.2, 0.25) is 0 Å². The first-order valence-corrected chi connectivity index (χ1v) is 12.0. The molecule has 1 aromatic heterocycles. The lowest BCUT2D eigenvalue weighted by Gasteiger charge is -2.36. The number of halogens is 4. The van der Waals surface area contributed by atoms with Gasteiger partial charge in [-0.25, -0.2) is 12.8 Å². The first-order chi connectivity index (χ1) is 15.4. The van der Waals surface area contributed by atoms with Crippen molar-refractivity contribution in [3.05, 3.63) is 29.9 Å². The van der Waals surface area contributed by atoms with Crippen LogP contribution in [0.25, 0.3) is 0 Å². The average molecular weight is 491 g/mol. The minimum atomic E-state index is -4.71.